The first-order valence-electron chi connectivity index (χ1n) is 8.13. The summed E-state index contributed by atoms with van der Waals surface area (Å²) in [4.78, 5) is 22.5. The molecule has 0 aliphatic carbocycles. The van der Waals surface area contributed by atoms with Crippen LogP contribution in [0.15, 0.2) is 36.4 Å². The van der Waals surface area contributed by atoms with E-state index in [2.05, 4.69) is 11.4 Å². The lowest BCUT2D eigenvalue weighted by atomic mass is 10.0. The molecule has 0 heterocycles. The average molecular weight is 358 g/mol. The summed E-state index contributed by atoms with van der Waals surface area (Å²) in [5, 5.41) is 13.8. The van der Waals surface area contributed by atoms with Gasteiger partial charge in [-0.3, -0.25) is 14.9 Å². The van der Waals surface area contributed by atoms with Crippen LogP contribution < -0.4 is 14.8 Å². The summed E-state index contributed by atoms with van der Waals surface area (Å²) < 4.78 is 10.4. The van der Waals surface area contributed by atoms with Crippen molar-refractivity contribution in [2.24, 2.45) is 0 Å². The van der Waals surface area contributed by atoms with Crippen LogP contribution in [0.3, 0.4) is 0 Å². The molecule has 2 aromatic rings. The van der Waals surface area contributed by atoms with E-state index < -0.39 is 4.92 Å². The van der Waals surface area contributed by atoms with Crippen LogP contribution in [0.25, 0.3) is 0 Å². The van der Waals surface area contributed by atoms with Gasteiger partial charge < -0.3 is 14.8 Å². The van der Waals surface area contributed by atoms with Crippen LogP contribution in [0.2, 0.25) is 0 Å². The summed E-state index contributed by atoms with van der Waals surface area (Å²) in [6.45, 7) is 5.73. The molecule has 1 atom stereocenters. The second kappa shape index (κ2) is 8.33. The smallest absolute Gasteiger partial charge is 0.311 e. The zero-order valence-corrected chi connectivity index (χ0v) is 15.2. The van der Waals surface area contributed by atoms with Crippen LogP contribution in [-0.2, 0) is 4.79 Å². The van der Waals surface area contributed by atoms with Crippen molar-refractivity contribution < 1.29 is 19.2 Å². The van der Waals surface area contributed by atoms with Gasteiger partial charge in [-0.1, -0.05) is 23.8 Å². The van der Waals surface area contributed by atoms with Gasteiger partial charge in [0.05, 0.1) is 18.1 Å². The number of rotatable bonds is 7. The van der Waals surface area contributed by atoms with Gasteiger partial charge >= 0.3 is 5.69 Å². The summed E-state index contributed by atoms with van der Waals surface area (Å²) in [5.74, 6) is 0.119. The number of nitro benzene ring substituents is 1. The van der Waals surface area contributed by atoms with Crippen molar-refractivity contribution in [2.75, 3.05) is 13.7 Å². The third-order valence-corrected chi connectivity index (χ3v) is 3.99. The maximum atomic E-state index is 12.1. The molecule has 0 spiro atoms. The fraction of sp³-hybridized carbons (Fsp3) is 0.316. The van der Waals surface area contributed by atoms with Crippen molar-refractivity contribution in [3.05, 3.63) is 63.2 Å². The van der Waals surface area contributed by atoms with Gasteiger partial charge in [-0.25, -0.2) is 0 Å². The number of benzene rings is 2. The number of ether oxygens (including phenoxy) is 2. The second-order valence-electron chi connectivity index (χ2n) is 6.03. The molecule has 2 aromatic carbocycles. The Morgan fingerprint density at radius 3 is 2.58 bits per heavy atom. The minimum absolute atomic E-state index is 0.0801. The Morgan fingerprint density at radius 2 is 1.96 bits per heavy atom. The van der Waals surface area contributed by atoms with Crippen molar-refractivity contribution >= 4 is 11.6 Å². The fourth-order valence-corrected chi connectivity index (χ4v) is 2.72. The Hall–Kier alpha value is -3.09. The predicted octanol–water partition coefficient (Wildman–Crippen LogP) is 3.48. The first kappa shape index (κ1) is 19.2. The van der Waals surface area contributed by atoms with E-state index in [1.807, 2.05) is 32.9 Å². The monoisotopic (exact) mass is 358 g/mol. The minimum atomic E-state index is -0.541. The minimum Gasteiger partial charge on any atom is -0.490 e. The van der Waals surface area contributed by atoms with E-state index in [-0.39, 0.29) is 30.0 Å². The number of carbonyl (C=O) groups excluding carboxylic acids is 1. The van der Waals surface area contributed by atoms with Crippen LogP contribution in [0, 0.1) is 24.0 Å². The van der Waals surface area contributed by atoms with Gasteiger partial charge in [0, 0.05) is 12.1 Å². The van der Waals surface area contributed by atoms with E-state index in [4.69, 9.17) is 9.47 Å². The maximum Gasteiger partial charge on any atom is 0.311 e. The number of carbonyl (C=O) groups is 1. The van der Waals surface area contributed by atoms with Crippen molar-refractivity contribution in [3.8, 4) is 11.5 Å². The molecule has 2 rings (SSSR count). The summed E-state index contributed by atoms with van der Waals surface area (Å²) in [7, 11) is 1.34. The largest absolute Gasteiger partial charge is 0.490 e. The molecule has 1 amide bonds. The zero-order chi connectivity index (χ0) is 19.3. The Bertz CT molecular complexity index is 820. The van der Waals surface area contributed by atoms with Crippen LogP contribution in [0.5, 0.6) is 11.5 Å². The van der Waals surface area contributed by atoms with Crippen molar-refractivity contribution in [1.82, 2.24) is 5.32 Å². The Morgan fingerprint density at radius 1 is 1.23 bits per heavy atom. The lowest BCUT2D eigenvalue weighted by Gasteiger charge is -2.17. The average Bonchev–Trinajstić information content (AvgIpc) is 2.59. The number of aryl methyl sites for hydroxylation is 2. The van der Waals surface area contributed by atoms with Gasteiger partial charge in [-0.15, -0.1) is 0 Å². The molecule has 0 fully saturated rings. The standard InChI is InChI=1S/C19H22N2O5/c1-12-5-7-16(13(2)9-12)14(3)20-19(22)11-26-15-6-8-17(21(23)24)18(10-15)25-4/h5-10,14H,11H2,1-4H3,(H,20,22)/t14-/m0/s1. The molecular formula is C19H22N2O5. The fourth-order valence-electron chi connectivity index (χ4n) is 2.72. The third-order valence-electron chi connectivity index (χ3n) is 3.99. The van der Waals surface area contributed by atoms with Crippen molar-refractivity contribution in [3.63, 3.8) is 0 Å². The summed E-state index contributed by atoms with van der Waals surface area (Å²) in [5.41, 5.74) is 3.16. The van der Waals surface area contributed by atoms with E-state index in [0.717, 1.165) is 11.1 Å². The Labute approximate surface area is 152 Å². The molecule has 0 aliphatic heterocycles. The van der Waals surface area contributed by atoms with Crippen LogP contribution in [0.4, 0.5) is 5.69 Å². The van der Waals surface area contributed by atoms with Crippen molar-refractivity contribution in [2.45, 2.75) is 26.8 Å². The number of methoxy groups -OCH3 is 1. The molecule has 7 heteroatoms. The van der Waals surface area contributed by atoms with E-state index in [0.29, 0.717) is 5.75 Å². The summed E-state index contributed by atoms with van der Waals surface area (Å²) in [6, 6.07) is 10.0. The number of hydrogen-bond donors (Lipinski definition) is 1. The molecule has 0 aliphatic rings. The lowest BCUT2D eigenvalue weighted by Crippen LogP contribution is -2.31. The first-order valence-corrected chi connectivity index (χ1v) is 8.13. The van der Waals surface area contributed by atoms with Crippen molar-refractivity contribution in [1.29, 1.82) is 0 Å². The molecule has 0 radical (unpaired) electrons. The van der Waals surface area contributed by atoms with E-state index in [1.54, 1.807) is 0 Å². The van der Waals surface area contributed by atoms with E-state index in [1.165, 1.54) is 30.9 Å². The molecule has 1 N–H and O–H groups in total. The van der Waals surface area contributed by atoms with Gasteiger partial charge in [0.15, 0.2) is 6.61 Å². The van der Waals surface area contributed by atoms with Crippen LogP contribution >= 0.6 is 0 Å². The van der Waals surface area contributed by atoms with Crippen LogP contribution in [-0.4, -0.2) is 24.5 Å². The normalized spacial score (nSPS) is 11.5. The molecule has 7 nitrogen and oxygen atoms in total. The SMILES string of the molecule is COc1cc(OCC(=O)N[C@@H](C)c2ccc(C)cc2C)ccc1[N+](=O)[O-]. The highest BCUT2D eigenvalue weighted by atomic mass is 16.6. The van der Waals surface area contributed by atoms with E-state index >= 15 is 0 Å². The lowest BCUT2D eigenvalue weighted by molar-refractivity contribution is -0.385. The highest BCUT2D eigenvalue weighted by Crippen LogP contribution is 2.30. The zero-order valence-electron chi connectivity index (χ0n) is 15.2. The highest BCUT2D eigenvalue weighted by molar-refractivity contribution is 5.78. The van der Waals surface area contributed by atoms with Gasteiger partial charge in [-0.05, 0) is 38.0 Å². The number of nitrogens with zero attached hydrogens (tertiary/aromatic N) is 1. The quantitative estimate of drug-likeness (QED) is 0.604. The highest BCUT2D eigenvalue weighted by Gasteiger charge is 2.16. The number of nitro groups is 1. The molecule has 0 aromatic heterocycles. The van der Waals surface area contributed by atoms with Gasteiger partial charge in [0.1, 0.15) is 5.75 Å². The number of hydrogen-bond acceptors (Lipinski definition) is 5. The molecule has 26 heavy (non-hydrogen) atoms. The molecule has 0 saturated heterocycles. The summed E-state index contributed by atoms with van der Waals surface area (Å²) >= 11 is 0. The number of nitrogens with one attached hydrogen (secondary N) is 1. The molecular weight excluding hydrogens is 336 g/mol. The Balaban J connectivity index is 1.97. The summed E-state index contributed by atoms with van der Waals surface area (Å²) in [6.07, 6.45) is 0. The first-order chi connectivity index (χ1) is 12.3. The van der Waals surface area contributed by atoms with E-state index in [9.17, 15) is 14.9 Å². The van der Waals surface area contributed by atoms with Gasteiger partial charge in [0.2, 0.25) is 5.75 Å². The van der Waals surface area contributed by atoms with Gasteiger partial charge in [0.25, 0.3) is 5.91 Å². The number of amides is 1. The van der Waals surface area contributed by atoms with Gasteiger partial charge in [-0.2, -0.15) is 0 Å². The second-order valence-corrected chi connectivity index (χ2v) is 6.03. The predicted molar refractivity (Wildman–Crippen MR) is 97.6 cm³/mol. The third kappa shape index (κ3) is 4.72. The topological polar surface area (TPSA) is 90.7 Å². The Kier molecular flexibility index (Phi) is 6.16. The maximum absolute atomic E-state index is 12.1. The molecule has 0 saturated carbocycles. The molecule has 138 valence electrons. The molecule has 0 bridgehead atoms. The molecule has 0 unspecified atom stereocenters. The van der Waals surface area contributed by atoms with Crippen LogP contribution in [0.1, 0.15) is 29.7 Å².